The third-order valence-corrected chi connectivity index (χ3v) is 4.30. The van der Waals surface area contributed by atoms with Crippen LogP contribution in [0.2, 0.25) is 0 Å². The van der Waals surface area contributed by atoms with Crippen LogP contribution in [-0.4, -0.2) is 18.9 Å². The van der Waals surface area contributed by atoms with E-state index in [9.17, 15) is 8.42 Å². The molecule has 0 unspecified atom stereocenters. The van der Waals surface area contributed by atoms with E-state index < -0.39 is 9.84 Å². The van der Waals surface area contributed by atoms with Crippen LogP contribution in [0.5, 0.6) is 0 Å². The topological polar surface area (TPSA) is 34.1 Å². The first kappa shape index (κ1) is 8.53. The van der Waals surface area contributed by atoms with Crippen molar-refractivity contribution in [3.8, 4) is 0 Å². The van der Waals surface area contributed by atoms with Crippen LogP contribution in [0, 0.1) is 0 Å². The van der Waals surface area contributed by atoms with Crippen molar-refractivity contribution in [3.63, 3.8) is 0 Å². The van der Waals surface area contributed by atoms with Crippen molar-refractivity contribution in [3.05, 3.63) is 24.3 Å². The monoisotopic (exact) mass is 172 g/mol. The van der Waals surface area contributed by atoms with E-state index in [0.717, 1.165) is 0 Å². The van der Waals surface area contributed by atoms with Crippen molar-refractivity contribution in [2.24, 2.45) is 0 Å². The Morgan fingerprint density at radius 1 is 1.00 bits per heavy atom. The molecule has 3 heteroatoms. The quantitative estimate of drug-likeness (QED) is 0.552. The lowest BCUT2D eigenvalue weighted by Crippen LogP contribution is -2.24. The largest absolute Gasteiger partial charge is 0.228 e. The van der Waals surface area contributed by atoms with Crippen LogP contribution in [0.4, 0.5) is 0 Å². The molecular weight excluding hydrogens is 160 g/mol. The van der Waals surface area contributed by atoms with Gasteiger partial charge in [0.05, 0.1) is 10.5 Å². The van der Waals surface area contributed by atoms with Gasteiger partial charge in [-0.1, -0.05) is 24.3 Å². The molecule has 1 aliphatic heterocycles. The lowest BCUT2D eigenvalue weighted by Gasteiger charge is -2.10. The fourth-order valence-electron chi connectivity index (χ4n) is 0.999. The average Bonchev–Trinajstić information content (AvgIpc) is 2.03. The Hall–Kier alpha value is -0.570. The molecule has 0 amide bonds. The highest BCUT2D eigenvalue weighted by Gasteiger charge is 2.24. The molecule has 0 bridgehead atoms. The smallest absolute Gasteiger partial charge is 0.162 e. The van der Waals surface area contributed by atoms with Gasteiger partial charge in [-0.05, 0) is 13.8 Å². The van der Waals surface area contributed by atoms with Crippen LogP contribution in [0.3, 0.4) is 0 Å². The van der Waals surface area contributed by atoms with Crippen LogP contribution >= 0.6 is 0 Å². The van der Waals surface area contributed by atoms with E-state index in [0.29, 0.717) is 0 Å². The number of sulfone groups is 1. The molecule has 0 fully saturated rings. The number of rotatable bonds is 0. The Balaban J connectivity index is 3.09. The molecule has 2 nitrogen and oxygen atoms in total. The van der Waals surface area contributed by atoms with Gasteiger partial charge < -0.3 is 0 Å². The van der Waals surface area contributed by atoms with E-state index in [2.05, 4.69) is 0 Å². The second kappa shape index (κ2) is 2.81. The number of hydrogen-bond acceptors (Lipinski definition) is 2. The maximum Gasteiger partial charge on any atom is 0.162 e. The third-order valence-electron chi connectivity index (χ3n) is 1.91. The van der Waals surface area contributed by atoms with Crippen molar-refractivity contribution in [2.75, 3.05) is 0 Å². The summed E-state index contributed by atoms with van der Waals surface area (Å²) in [5.74, 6) is 0. The summed E-state index contributed by atoms with van der Waals surface area (Å²) in [6.07, 6.45) is 6.97. The minimum atomic E-state index is -2.95. The molecule has 0 saturated heterocycles. The molecule has 2 atom stereocenters. The van der Waals surface area contributed by atoms with Gasteiger partial charge in [0.1, 0.15) is 0 Å². The predicted octanol–water partition coefficient (Wildman–Crippen LogP) is 1.30. The fourth-order valence-corrected chi connectivity index (χ4v) is 2.30. The van der Waals surface area contributed by atoms with E-state index in [-0.39, 0.29) is 10.5 Å². The molecule has 11 heavy (non-hydrogen) atoms. The lowest BCUT2D eigenvalue weighted by molar-refractivity contribution is 0.586. The maximum atomic E-state index is 11.4. The summed E-state index contributed by atoms with van der Waals surface area (Å²) in [7, 11) is -2.95. The van der Waals surface area contributed by atoms with Gasteiger partial charge in [-0.25, -0.2) is 8.42 Å². The van der Waals surface area contributed by atoms with E-state index in [1.165, 1.54) is 0 Å². The van der Waals surface area contributed by atoms with Crippen LogP contribution in [0.25, 0.3) is 0 Å². The summed E-state index contributed by atoms with van der Waals surface area (Å²) in [5, 5.41) is -0.708. The molecule has 1 heterocycles. The van der Waals surface area contributed by atoms with Gasteiger partial charge in [0, 0.05) is 0 Å². The third kappa shape index (κ3) is 1.53. The zero-order chi connectivity index (χ0) is 8.48. The van der Waals surface area contributed by atoms with Crippen LogP contribution in [0.1, 0.15) is 13.8 Å². The van der Waals surface area contributed by atoms with Crippen LogP contribution in [-0.2, 0) is 9.84 Å². The zero-order valence-electron chi connectivity index (χ0n) is 6.69. The number of allylic oxidation sites excluding steroid dienone is 2. The Morgan fingerprint density at radius 2 is 1.36 bits per heavy atom. The molecule has 1 aliphatic rings. The molecular formula is C8H12O2S. The molecule has 0 saturated carbocycles. The van der Waals surface area contributed by atoms with Gasteiger partial charge in [-0.2, -0.15) is 0 Å². The van der Waals surface area contributed by atoms with Gasteiger partial charge in [-0.15, -0.1) is 0 Å². The zero-order valence-corrected chi connectivity index (χ0v) is 7.51. The molecule has 0 aliphatic carbocycles. The van der Waals surface area contributed by atoms with Crippen molar-refractivity contribution in [2.45, 2.75) is 24.3 Å². The Morgan fingerprint density at radius 3 is 1.73 bits per heavy atom. The van der Waals surface area contributed by atoms with Crippen molar-refractivity contribution in [1.82, 2.24) is 0 Å². The van der Waals surface area contributed by atoms with E-state index >= 15 is 0 Å². The highest BCUT2D eigenvalue weighted by atomic mass is 32.2. The molecule has 1 rings (SSSR count). The summed E-state index contributed by atoms with van der Waals surface area (Å²) in [6, 6.07) is 0. The van der Waals surface area contributed by atoms with Crippen molar-refractivity contribution >= 4 is 9.84 Å². The van der Waals surface area contributed by atoms with E-state index in [1.807, 2.05) is 0 Å². The minimum absolute atomic E-state index is 0.354. The molecule has 0 N–H and O–H groups in total. The van der Waals surface area contributed by atoms with Gasteiger partial charge in [0.2, 0.25) is 0 Å². The van der Waals surface area contributed by atoms with Gasteiger partial charge in [-0.3, -0.25) is 0 Å². The van der Waals surface area contributed by atoms with Crippen molar-refractivity contribution < 1.29 is 8.42 Å². The Kier molecular flexibility index (Phi) is 2.18. The summed E-state index contributed by atoms with van der Waals surface area (Å²) in [5.41, 5.74) is 0. The average molecular weight is 172 g/mol. The first-order valence-electron chi connectivity index (χ1n) is 3.63. The summed E-state index contributed by atoms with van der Waals surface area (Å²) < 4.78 is 22.9. The maximum absolute atomic E-state index is 11.4. The summed E-state index contributed by atoms with van der Waals surface area (Å²) in [4.78, 5) is 0. The lowest BCUT2D eigenvalue weighted by atomic mass is 10.3. The molecule has 0 radical (unpaired) electrons. The SMILES string of the molecule is C[C@@H]1C=CC=C[C@@H](C)S1(=O)=O. The van der Waals surface area contributed by atoms with E-state index in [4.69, 9.17) is 0 Å². The van der Waals surface area contributed by atoms with Gasteiger partial charge in [0.15, 0.2) is 9.84 Å². The molecule has 0 aromatic heterocycles. The van der Waals surface area contributed by atoms with Crippen LogP contribution < -0.4 is 0 Å². The Bertz CT molecular complexity index is 261. The van der Waals surface area contributed by atoms with E-state index in [1.54, 1.807) is 38.2 Å². The molecule has 0 aromatic carbocycles. The van der Waals surface area contributed by atoms with Crippen LogP contribution in [0.15, 0.2) is 24.3 Å². The number of hydrogen-bond donors (Lipinski definition) is 0. The highest BCUT2D eigenvalue weighted by molar-refractivity contribution is 7.92. The molecule has 62 valence electrons. The summed E-state index contributed by atoms with van der Waals surface area (Å²) in [6.45, 7) is 3.41. The normalized spacial score (nSPS) is 35.1. The molecule has 0 aromatic rings. The standard InChI is InChI=1S/C8H12O2S/c1-7-5-3-4-6-8(2)11(7,9)10/h3-8H,1-2H3/t7-,8-/m1/s1. The summed E-state index contributed by atoms with van der Waals surface area (Å²) >= 11 is 0. The minimum Gasteiger partial charge on any atom is -0.228 e. The second-order valence-corrected chi connectivity index (χ2v) is 5.43. The fraction of sp³-hybridized carbons (Fsp3) is 0.500. The van der Waals surface area contributed by atoms with Crippen molar-refractivity contribution in [1.29, 1.82) is 0 Å². The Labute approximate surface area is 67.5 Å². The first-order chi connectivity index (χ1) is 5.05. The second-order valence-electron chi connectivity index (χ2n) is 2.77. The molecule has 0 spiro atoms. The predicted molar refractivity (Wildman–Crippen MR) is 46.1 cm³/mol. The van der Waals surface area contributed by atoms with Gasteiger partial charge >= 0.3 is 0 Å². The highest BCUT2D eigenvalue weighted by Crippen LogP contribution is 2.14. The van der Waals surface area contributed by atoms with Gasteiger partial charge in [0.25, 0.3) is 0 Å². The first-order valence-corrected chi connectivity index (χ1v) is 5.24.